The Morgan fingerprint density at radius 3 is 2.64 bits per heavy atom. The van der Waals surface area contributed by atoms with Crippen LogP contribution in [0, 0.1) is 0 Å². The largest absolute Gasteiger partial charge is 0.497 e. The molecule has 0 saturated carbocycles. The lowest BCUT2D eigenvalue weighted by molar-refractivity contribution is -0.169. The van der Waals surface area contributed by atoms with Gasteiger partial charge in [0.05, 0.1) is 13.7 Å². The Bertz CT molecular complexity index is 1090. The summed E-state index contributed by atoms with van der Waals surface area (Å²) in [4.78, 5) is 21.6. The lowest BCUT2D eigenvalue weighted by Gasteiger charge is -2.43. The van der Waals surface area contributed by atoms with E-state index in [0.29, 0.717) is 19.6 Å². The van der Waals surface area contributed by atoms with Gasteiger partial charge in [-0.05, 0) is 40.5 Å². The van der Waals surface area contributed by atoms with E-state index < -0.39 is 5.60 Å². The summed E-state index contributed by atoms with van der Waals surface area (Å²) in [7, 11) is 5.26. The molecule has 172 valence electrons. The van der Waals surface area contributed by atoms with E-state index in [1.165, 1.54) is 0 Å². The van der Waals surface area contributed by atoms with Gasteiger partial charge in [-0.3, -0.25) is 14.7 Å². The number of ether oxygens (including phenoxy) is 2. The number of pyridine rings is 1. The molecule has 1 saturated heterocycles. The number of morpholine rings is 1. The Hall–Kier alpha value is -3.22. The van der Waals surface area contributed by atoms with E-state index in [0.717, 1.165) is 41.1 Å². The van der Waals surface area contributed by atoms with E-state index in [9.17, 15) is 4.79 Å². The number of amides is 1. The van der Waals surface area contributed by atoms with Crippen molar-refractivity contribution < 1.29 is 14.3 Å². The number of likely N-dealkylation sites (N-methyl/N-ethyl adjacent to an activating group) is 1. The van der Waals surface area contributed by atoms with E-state index >= 15 is 0 Å². The first-order valence-corrected chi connectivity index (χ1v) is 11.2. The third kappa shape index (κ3) is 5.41. The molecule has 6 heteroatoms. The maximum absolute atomic E-state index is 13.4. The predicted octanol–water partition coefficient (Wildman–Crippen LogP) is 3.66. The van der Waals surface area contributed by atoms with Gasteiger partial charge in [0.1, 0.15) is 5.75 Å². The van der Waals surface area contributed by atoms with Crippen LogP contribution in [0.1, 0.15) is 11.1 Å². The molecule has 0 spiro atoms. The lowest BCUT2D eigenvalue weighted by Crippen LogP contribution is -2.60. The van der Waals surface area contributed by atoms with Gasteiger partial charge in [-0.25, -0.2) is 0 Å². The van der Waals surface area contributed by atoms with Crippen LogP contribution in [-0.2, 0) is 22.5 Å². The van der Waals surface area contributed by atoms with Crippen molar-refractivity contribution in [1.82, 2.24) is 14.8 Å². The molecular weight excluding hydrogens is 414 g/mol. The first kappa shape index (κ1) is 23.0. The first-order chi connectivity index (χ1) is 16.0. The number of hydrogen-bond donors (Lipinski definition) is 0. The summed E-state index contributed by atoms with van der Waals surface area (Å²) >= 11 is 0. The maximum Gasteiger partial charge on any atom is 0.255 e. The average molecular weight is 446 g/mol. The minimum absolute atomic E-state index is 0.00961. The van der Waals surface area contributed by atoms with Crippen molar-refractivity contribution in [1.29, 1.82) is 0 Å². The number of carbonyl (C=O) groups excluding carboxylic acids is 1. The highest BCUT2D eigenvalue weighted by Crippen LogP contribution is 2.29. The second-order valence-corrected chi connectivity index (χ2v) is 8.72. The fourth-order valence-corrected chi connectivity index (χ4v) is 4.46. The minimum atomic E-state index is -0.936. The van der Waals surface area contributed by atoms with Crippen LogP contribution in [0.4, 0.5) is 0 Å². The summed E-state index contributed by atoms with van der Waals surface area (Å²) in [6.07, 6.45) is 4.13. The number of aromatic nitrogens is 1. The Kier molecular flexibility index (Phi) is 7.06. The van der Waals surface area contributed by atoms with E-state index in [1.54, 1.807) is 32.3 Å². The molecule has 1 amide bonds. The highest BCUT2D eigenvalue weighted by molar-refractivity contribution is 5.86. The topological polar surface area (TPSA) is 54.9 Å². The van der Waals surface area contributed by atoms with Gasteiger partial charge >= 0.3 is 0 Å². The molecule has 0 N–H and O–H groups in total. The van der Waals surface area contributed by atoms with Gasteiger partial charge in [0.15, 0.2) is 5.60 Å². The van der Waals surface area contributed by atoms with Gasteiger partial charge in [0.25, 0.3) is 5.91 Å². The summed E-state index contributed by atoms with van der Waals surface area (Å²) in [6, 6.07) is 20.3. The van der Waals surface area contributed by atoms with Gasteiger partial charge in [0, 0.05) is 52.5 Å². The summed E-state index contributed by atoms with van der Waals surface area (Å²) in [6.45, 7) is 2.54. The van der Waals surface area contributed by atoms with Gasteiger partial charge in [-0.2, -0.15) is 0 Å². The van der Waals surface area contributed by atoms with Crippen LogP contribution in [0.25, 0.3) is 11.1 Å². The smallest absolute Gasteiger partial charge is 0.255 e. The molecule has 0 bridgehead atoms. The average Bonchev–Trinajstić information content (AvgIpc) is 2.84. The molecule has 0 aliphatic carbocycles. The molecule has 2 heterocycles. The molecule has 6 nitrogen and oxygen atoms in total. The molecule has 1 atom stereocenters. The predicted molar refractivity (Wildman–Crippen MR) is 129 cm³/mol. The summed E-state index contributed by atoms with van der Waals surface area (Å²) in [5, 5.41) is 0. The van der Waals surface area contributed by atoms with Crippen molar-refractivity contribution in [2.75, 3.05) is 40.9 Å². The number of nitrogens with zero attached hydrogens (tertiary/aromatic N) is 3. The van der Waals surface area contributed by atoms with Crippen molar-refractivity contribution in [3.8, 4) is 16.9 Å². The van der Waals surface area contributed by atoms with E-state index in [2.05, 4.69) is 34.1 Å². The molecule has 0 radical (unpaired) electrons. The first-order valence-electron chi connectivity index (χ1n) is 11.2. The molecule has 2 aromatic carbocycles. The van der Waals surface area contributed by atoms with Crippen LogP contribution >= 0.6 is 0 Å². The number of methoxy groups -OCH3 is 1. The summed E-state index contributed by atoms with van der Waals surface area (Å²) in [5.41, 5.74) is 3.42. The highest BCUT2D eigenvalue weighted by atomic mass is 16.5. The molecule has 4 rings (SSSR count). The zero-order valence-electron chi connectivity index (χ0n) is 19.5. The second-order valence-electron chi connectivity index (χ2n) is 8.72. The number of carbonyl (C=O) groups is 1. The minimum Gasteiger partial charge on any atom is -0.497 e. The SMILES string of the molecule is COc1cccc(CN2CCO[C@](Cc3cccc(-c4cccnc4)c3)(C(=O)N(C)C)C2)c1. The lowest BCUT2D eigenvalue weighted by atomic mass is 9.89. The molecule has 1 aliphatic rings. The Morgan fingerprint density at radius 1 is 1.09 bits per heavy atom. The van der Waals surface area contributed by atoms with Gasteiger partial charge in [-0.15, -0.1) is 0 Å². The van der Waals surface area contributed by atoms with Crippen molar-refractivity contribution in [3.05, 3.63) is 84.2 Å². The second kappa shape index (κ2) is 10.1. The molecule has 3 aromatic rings. The molecule has 33 heavy (non-hydrogen) atoms. The molecule has 0 unspecified atom stereocenters. The highest BCUT2D eigenvalue weighted by Gasteiger charge is 2.44. The Labute approximate surface area is 195 Å². The molecule has 1 fully saturated rings. The third-order valence-electron chi connectivity index (χ3n) is 6.01. The Balaban J connectivity index is 1.59. The number of rotatable bonds is 7. The normalized spacial score (nSPS) is 18.6. The van der Waals surface area contributed by atoms with Gasteiger partial charge < -0.3 is 14.4 Å². The van der Waals surface area contributed by atoms with Crippen LogP contribution in [0.2, 0.25) is 0 Å². The van der Waals surface area contributed by atoms with Crippen LogP contribution < -0.4 is 4.74 Å². The fourth-order valence-electron chi connectivity index (χ4n) is 4.46. The monoisotopic (exact) mass is 445 g/mol. The van der Waals surface area contributed by atoms with Crippen LogP contribution in [0.5, 0.6) is 5.75 Å². The molecule has 1 aromatic heterocycles. The van der Waals surface area contributed by atoms with E-state index in [4.69, 9.17) is 9.47 Å². The van der Waals surface area contributed by atoms with Crippen molar-refractivity contribution in [3.63, 3.8) is 0 Å². The third-order valence-corrected chi connectivity index (χ3v) is 6.01. The Morgan fingerprint density at radius 2 is 1.88 bits per heavy atom. The van der Waals surface area contributed by atoms with Crippen molar-refractivity contribution in [2.45, 2.75) is 18.6 Å². The maximum atomic E-state index is 13.4. The zero-order chi connectivity index (χ0) is 23.3. The molecular formula is C27H31N3O3. The van der Waals surface area contributed by atoms with Crippen LogP contribution in [-0.4, -0.2) is 67.2 Å². The zero-order valence-corrected chi connectivity index (χ0v) is 19.5. The van der Waals surface area contributed by atoms with E-state index in [-0.39, 0.29) is 5.91 Å². The van der Waals surface area contributed by atoms with E-state index in [1.807, 2.05) is 42.6 Å². The van der Waals surface area contributed by atoms with Crippen LogP contribution in [0.3, 0.4) is 0 Å². The van der Waals surface area contributed by atoms with Gasteiger partial charge in [0.2, 0.25) is 0 Å². The number of benzene rings is 2. The van der Waals surface area contributed by atoms with Gasteiger partial charge in [-0.1, -0.05) is 42.5 Å². The van der Waals surface area contributed by atoms with Crippen molar-refractivity contribution >= 4 is 5.91 Å². The summed E-state index contributed by atoms with van der Waals surface area (Å²) in [5.74, 6) is 0.827. The quantitative estimate of drug-likeness (QED) is 0.556. The summed E-state index contributed by atoms with van der Waals surface area (Å²) < 4.78 is 11.7. The van der Waals surface area contributed by atoms with Crippen molar-refractivity contribution in [2.24, 2.45) is 0 Å². The molecule has 1 aliphatic heterocycles. The number of hydrogen-bond acceptors (Lipinski definition) is 5. The van der Waals surface area contributed by atoms with Crippen LogP contribution in [0.15, 0.2) is 73.1 Å². The fraction of sp³-hybridized carbons (Fsp3) is 0.333. The standard InChI is InChI=1S/C27H31N3O3/c1-29(2)26(31)27(17-21-7-4-9-23(15-21)24-10-6-12-28-18-24)20-30(13-14-33-27)19-22-8-5-11-25(16-22)32-3/h4-12,15-16,18H,13-14,17,19-20H2,1-3H3/t27-/m0/s1.